The zero-order valence-corrected chi connectivity index (χ0v) is 12.6. The molecule has 1 saturated carbocycles. The maximum absolute atomic E-state index is 4.63. The highest BCUT2D eigenvalue weighted by Gasteiger charge is 2.30. The van der Waals surface area contributed by atoms with Gasteiger partial charge in [0.1, 0.15) is 0 Å². The average Bonchev–Trinajstić information content (AvgIpc) is 3.17. The van der Waals surface area contributed by atoms with Gasteiger partial charge in [0.05, 0.1) is 17.6 Å². The fourth-order valence-electron chi connectivity index (χ4n) is 2.53. The van der Waals surface area contributed by atoms with Crippen LogP contribution in [-0.4, -0.2) is 15.8 Å². The van der Waals surface area contributed by atoms with Gasteiger partial charge in [0.25, 0.3) is 0 Å². The van der Waals surface area contributed by atoms with Gasteiger partial charge in [-0.05, 0) is 31.9 Å². The van der Waals surface area contributed by atoms with E-state index in [-0.39, 0.29) is 0 Å². The van der Waals surface area contributed by atoms with E-state index >= 15 is 0 Å². The standard InChI is InChI=1S/C17H23N3/c1-12(2)18-10-15-11-19-20(17(15)14-6-7-14)16-8-4-13(3)5-9-16/h4-5,8-9,11-12,14,18H,6-7,10H2,1-3H3. The Hall–Kier alpha value is -1.61. The Morgan fingerprint density at radius 3 is 2.55 bits per heavy atom. The van der Waals surface area contributed by atoms with Gasteiger partial charge < -0.3 is 5.32 Å². The molecule has 0 spiro atoms. The molecule has 20 heavy (non-hydrogen) atoms. The predicted octanol–water partition coefficient (Wildman–Crippen LogP) is 3.56. The summed E-state index contributed by atoms with van der Waals surface area (Å²) in [5.41, 5.74) is 5.22. The van der Waals surface area contributed by atoms with E-state index in [9.17, 15) is 0 Å². The van der Waals surface area contributed by atoms with Crippen molar-refractivity contribution in [1.82, 2.24) is 15.1 Å². The molecule has 0 unspecified atom stereocenters. The minimum atomic E-state index is 0.504. The summed E-state index contributed by atoms with van der Waals surface area (Å²) in [7, 11) is 0. The van der Waals surface area contributed by atoms with Crippen molar-refractivity contribution >= 4 is 0 Å². The van der Waals surface area contributed by atoms with Crippen LogP contribution in [0.25, 0.3) is 5.69 Å². The molecule has 0 atom stereocenters. The van der Waals surface area contributed by atoms with Crippen molar-refractivity contribution in [2.45, 2.75) is 52.1 Å². The smallest absolute Gasteiger partial charge is 0.0649 e. The van der Waals surface area contributed by atoms with E-state index < -0.39 is 0 Å². The van der Waals surface area contributed by atoms with Crippen LogP contribution >= 0.6 is 0 Å². The maximum atomic E-state index is 4.63. The lowest BCUT2D eigenvalue weighted by Crippen LogP contribution is -2.22. The summed E-state index contributed by atoms with van der Waals surface area (Å²) >= 11 is 0. The Morgan fingerprint density at radius 1 is 1.25 bits per heavy atom. The van der Waals surface area contributed by atoms with E-state index in [4.69, 9.17) is 0 Å². The van der Waals surface area contributed by atoms with Crippen LogP contribution in [0.15, 0.2) is 30.5 Å². The fraction of sp³-hybridized carbons (Fsp3) is 0.471. The van der Waals surface area contributed by atoms with Gasteiger partial charge in [-0.3, -0.25) is 0 Å². The molecule has 1 fully saturated rings. The SMILES string of the molecule is Cc1ccc(-n2ncc(CNC(C)C)c2C2CC2)cc1. The van der Waals surface area contributed by atoms with Crippen molar-refractivity contribution in [1.29, 1.82) is 0 Å². The van der Waals surface area contributed by atoms with Crippen molar-refractivity contribution in [3.63, 3.8) is 0 Å². The minimum absolute atomic E-state index is 0.504. The molecule has 1 aliphatic carbocycles. The Morgan fingerprint density at radius 2 is 1.95 bits per heavy atom. The monoisotopic (exact) mass is 269 g/mol. The first-order valence-electron chi connectivity index (χ1n) is 7.52. The molecule has 0 saturated heterocycles. The lowest BCUT2D eigenvalue weighted by Gasteiger charge is -2.11. The van der Waals surface area contributed by atoms with Gasteiger partial charge in [-0.2, -0.15) is 5.10 Å². The second-order valence-electron chi connectivity index (χ2n) is 6.11. The third-order valence-electron chi connectivity index (χ3n) is 3.83. The van der Waals surface area contributed by atoms with Crippen molar-refractivity contribution in [3.05, 3.63) is 47.3 Å². The fourth-order valence-corrected chi connectivity index (χ4v) is 2.53. The number of benzene rings is 1. The summed E-state index contributed by atoms with van der Waals surface area (Å²) in [6.07, 6.45) is 4.63. The summed E-state index contributed by atoms with van der Waals surface area (Å²) in [5, 5.41) is 8.14. The summed E-state index contributed by atoms with van der Waals surface area (Å²) < 4.78 is 2.13. The van der Waals surface area contributed by atoms with E-state index in [1.807, 2.05) is 6.20 Å². The molecule has 0 bridgehead atoms. The summed E-state index contributed by atoms with van der Waals surface area (Å²) in [5.74, 6) is 0.697. The Balaban J connectivity index is 1.92. The molecule has 106 valence electrons. The molecule has 1 heterocycles. The third kappa shape index (κ3) is 2.78. The molecule has 2 aromatic rings. The zero-order chi connectivity index (χ0) is 14.1. The maximum Gasteiger partial charge on any atom is 0.0649 e. The highest BCUT2D eigenvalue weighted by molar-refractivity contribution is 5.39. The largest absolute Gasteiger partial charge is 0.310 e. The van der Waals surface area contributed by atoms with E-state index in [0.717, 1.165) is 6.54 Å². The number of nitrogens with zero attached hydrogens (tertiary/aromatic N) is 2. The van der Waals surface area contributed by atoms with Crippen molar-refractivity contribution in [2.75, 3.05) is 0 Å². The van der Waals surface area contributed by atoms with Crippen LogP contribution < -0.4 is 5.32 Å². The topological polar surface area (TPSA) is 29.9 Å². The van der Waals surface area contributed by atoms with Crippen molar-refractivity contribution in [3.8, 4) is 5.69 Å². The minimum Gasteiger partial charge on any atom is -0.310 e. The van der Waals surface area contributed by atoms with Crippen LogP contribution in [-0.2, 0) is 6.54 Å². The van der Waals surface area contributed by atoms with Gasteiger partial charge in [-0.1, -0.05) is 31.5 Å². The van der Waals surface area contributed by atoms with E-state index in [0.29, 0.717) is 12.0 Å². The summed E-state index contributed by atoms with van der Waals surface area (Å²) in [6.45, 7) is 7.39. The Kier molecular flexibility index (Phi) is 3.62. The molecular weight excluding hydrogens is 246 g/mol. The second-order valence-corrected chi connectivity index (χ2v) is 6.11. The van der Waals surface area contributed by atoms with Crippen LogP contribution in [0.4, 0.5) is 0 Å². The van der Waals surface area contributed by atoms with Gasteiger partial charge in [0, 0.05) is 24.1 Å². The van der Waals surface area contributed by atoms with E-state index in [1.54, 1.807) is 0 Å². The molecule has 3 heteroatoms. The highest BCUT2D eigenvalue weighted by Crippen LogP contribution is 2.42. The lowest BCUT2D eigenvalue weighted by molar-refractivity contribution is 0.585. The Labute approximate surface area is 121 Å². The molecule has 1 aromatic carbocycles. The molecule has 1 N–H and O–H groups in total. The zero-order valence-electron chi connectivity index (χ0n) is 12.6. The molecular formula is C17H23N3. The van der Waals surface area contributed by atoms with Gasteiger partial charge >= 0.3 is 0 Å². The van der Waals surface area contributed by atoms with Crippen LogP contribution in [0, 0.1) is 6.92 Å². The number of rotatable bonds is 5. The van der Waals surface area contributed by atoms with Crippen molar-refractivity contribution < 1.29 is 0 Å². The van der Waals surface area contributed by atoms with Gasteiger partial charge in [0.15, 0.2) is 0 Å². The van der Waals surface area contributed by atoms with Gasteiger partial charge in [0.2, 0.25) is 0 Å². The third-order valence-corrected chi connectivity index (χ3v) is 3.83. The molecule has 0 aliphatic heterocycles. The second kappa shape index (κ2) is 5.41. The Bertz CT molecular complexity index is 577. The van der Waals surface area contributed by atoms with E-state index in [2.05, 4.69) is 60.1 Å². The van der Waals surface area contributed by atoms with Gasteiger partial charge in [-0.25, -0.2) is 4.68 Å². The van der Waals surface area contributed by atoms with Crippen LogP contribution in [0.1, 0.15) is 49.4 Å². The lowest BCUT2D eigenvalue weighted by atomic mass is 10.1. The van der Waals surface area contributed by atoms with Crippen LogP contribution in [0.3, 0.4) is 0 Å². The molecule has 0 amide bonds. The number of aromatic nitrogens is 2. The molecule has 1 aromatic heterocycles. The number of hydrogen-bond acceptors (Lipinski definition) is 2. The van der Waals surface area contributed by atoms with Crippen LogP contribution in [0.5, 0.6) is 0 Å². The summed E-state index contributed by atoms with van der Waals surface area (Å²) in [6, 6.07) is 9.13. The first-order chi connectivity index (χ1) is 9.65. The molecule has 0 radical (unpaired) electrons. The number of nitrogens with one attached hydrogen (secondary N) is 1. The number of aryl methyl sites for hydroxylation is 1. The summed E-state index contributed by atoms with van der Waals surface area (Å²) in [4.78, 5) is 0. The molecule has 3 rings (SSSR count). The van der Waals surface area contributed by atoms with Crippen molar-refractivity contribution in [2.24, 2.45) is 0 Å². The predicted molar refractivity (Wildman–Crippen MR) is 82.3 cm³/mol. The van der Waals surface area contributed by atoms with E-state index in [1.165, 1.54) is 35.3 Å². The first-order valence-corrected chi connectivity index (χ1v) is 7.52. The molecule has 3 nitrogen and oxygen atoms in total. The van der Waals surface area contributed by atoms with Gasteiger partial charge in [-0.15, -0.1) is 0 Å². The highest BCUT2D eigenvalue weighted by atomic mass is 15.3. The molecule has 1 aliphatic rings. The number of hydrogen-bond donors (Lipinski definition) is 1. The average molecular weight is 269 g/mol. The normalized spacial score (nSPS) is 15.0. The quantitative estimate of drug-likeness (QED) is 0.899. The first kappa shape index (κ1) is 13.4. The van der Waals surface area contributed by atoms with Crippen LogP contribution in [0.2, 0.25) is 0 Å².